The summed E-state index contributed by atoms with van der Waals surface area (Å²) in [4.78, 5) is 12.4. The molecule has 152 valence electrons. The first-order chi connectivity index (χ1) is 13.9. The Morgan fingerprint density at radius 3 is 2.59 bits per heavy atom. The highest BCUT2D eigenvalue weighted by atomic mass is 79.9. The first-order valence-electron chi connectivity index (χ1n) is 9.23. The SMILES string of the molecule is CCOc1cc(/C=C(/C#N)C(=O)Nc2ccc(O)cc2)cc(Br)c1O[C@@H](C)CC. The molecule has 0 bridgehead atoms. The van der Waals surface area contributed by atoms with E-state index in [4.69, 9.17) is 9.47 Å². The van der Waals surface area contributed by atoms with E-state index >= 15 is 0 Å². The summed E-state index contributed by atoms with van der Waals surface area (Å²) in [7, 11) is 0. The van der Waals surface area contributed by atoms with Gasteiger partial charge in [0.2, 0.25) is 0 Å². The molecule has 0 radical (unpaired) electrons. The van der Waals surface area contributed by atoms with E-state index in [1.54, 1.807) is 24.3 Å². The van der Waals surface area contributed by atoms with Gasteiger partial charge in [-0.3, -0.25) is 4.79 Å². The smallest absolute Gasteiger partial charge is 0.266 e. The molecule has 0 aliphatic carbocycles. The van der Waals surface area contributed by atoms with E-state index < -0.39 is 5.91 Å². The number of phenols is 1. The van der Waals surface area contributed by atoms with Crippen molar-refractivity contribution in [3.05, 3.63) is 52.0 Å². The van der Waals surface area contributed by atoms with Crippen molar-refractivity contribution in [3.63, 3.8) is 0 Å². The first kappa shape index (κ1) is 22.3. The van der Waals surface area contributed by atoms with Gasteiger partial charge in [-0.25, -0.2) is 0 Å². The van der Waals surface area contributed by atoms with Crippen LogP contribution in [-0.2, 0) is 4.79 Å². The number of anilines is 1. The molecule has 0 aliphatic heterocycles. The van der Waals surface area contributed by atoms with Crippen molar-refractivity contribution in [2.24, 2.45) is 0 Å². The van der Waals surface area contributed by atoms with Gasteiger partial charge in [0.25, 0.3) is 5.91 Å². The molecule has 6 nitrogen and oxygen atoms in total. The molecule has 0 unspecified atom stereocenters. The highest BCUT2D eigenvalue weighted by molar-refractivity contribution is 9.10. The summed E-state index contributed by atoms with van der Waals surface area (Å²) in [5.41, 5.74) is 1.03. The van der Waals surface area contributed by atoms with Crippen LogP contribution < -0.4 is 14.8 Å². The number of hydrogen-bond donors (Lipinski definition) is 2. The fourth-order valence-corrected chi connectivity index (χ4v) is 2.94. The van der Waals surface area contributed by atoms with E-state index in [0.717, 1.165) is 6.42 Å². The van der Waals surface area contributed by atoms with Gasteiger partial charge in [0, 0.05) is 5.69 Å². The molecule has 0 saturated heterocycles. The summed E-state index contributed by atoms with van der Waals surface area (Å²) < 4.78 is 12.3. The zero-order chi connectivity index (χ0) is 21.4. The topological polar surface area (TPSA) is 91.6 Å². The number of benzene rings is 2. The predicted octanol–water partition coefficient (Wildman–Crippen LogP) is 5.28. The van der Waals surface area contributed by atoms with Gasteiger partial charge < -0.3 is 19.9 Å². The molecule has 0 heterocycles. The molecule has 29 heavy (non-hydrogen) atoms. The summed E-state index contributed by atoms with van der Waals surface area (Å²) in [6.45, 7) is 6.32. The maximum atomic E-state index is 12.4. The van der Waals surface area contributed by atoms with Crippen molar-refractivity contribution in [1.29, 1.82) is 5.26 Å². The largest absolute Gasteiger partial charge is 0.508 e. The number of ether oxygens (including phenoxy) is 2. The minimum atomic E-state index is -0.549. The number of halogens is 1. The van der Waals surface area contributed by atoms with E-state index in [9.17, 15) is 15.2 Å². The highest BCUT2D eigenvalue weighted by Gasteiger charge is 2.16. The number of amides is 1. The standard InChI is InChI=1S/C22H23BrN2O4/c1-4-14(3)29-21-19(23)11-15(12-20(21)28-5-2)10-16(13-24)22(27)25-17-6-8-18(26)9-7-17/h6-12,14,26H,4-5H2,1-3H3,(H,25,27)/b16-10-/t14-/m0/s1. The second-order valence-electron chi connectivity index (χ2n) is 6.27. The number of phenolic OH excluding ortho intramolecular Hbond substituents is 1. The van der Waals surface area contributed by atoms with E-state index in [0.29, 0.717) is 33.8 Å². The van der Waals surface area contributed by atoms with Gasteiger partial charge in [0.15, 0.2) is 11.5 Å². The second kappa shape index (κ2) is 10.5. The van der Waals surface area contributed by atoms with Crippen LogP contribution in [0.25, 0.3) is 6.08 Å². The maximum absolute atomic E-state index is 12.4. The number of nitrogens with zero attached hydrogens (tertiary/aromatic N) is 1. The molecular formula is C22H23BrN2O4. The Balaban J connectivity index is 2.33. The van der Waals surface area contributed by atoms with Crippen LogP contribution in [0.15, 0.2) is 46.4 Å². The monoisotopic (exact) mass is 458 g/mol. The lowest BCUT2D eigenvalue weighted by molar-refractivity contribution is -0.112. The Bertz CT molecular complexity index is 933. The second-order valence-corrected chi connectivity index (χ2v) is 7.12. The summed E-state index contributed by atoms with van der Waals surface area (Å²) in [6, 6.07) is 11.4. The summed E-state index contributed by atoms with van der Waals surface area (Å²) >= 11 is 3.49. The lowest BCUT2D eigenvalue weighted by atomic mass is 10.1. The highest BCUT2D eigenvalue weighted by Crippen LogP contribution is 2.38. The van der Waals surface area contributed by atoms with Crippen molar-refractivity contribution < 1.29 is 19.4 Å². The fraction of sp³-hybridized carbons (Fsp3) is 0.273. The molecule has 2 aromatic carbocycles. The van der Waals surface area contributed by atoms with E-state index in [1.807, 2.05) is 26.8 Å². The number of nitrogens with one attached hydrogen (secondary N) is 1. The Labute approximate surface area is 178 Å². The van der Waals surface area contributed by atoms with Gasteiger partial charge in [-0.05, 0) is 84.2 Å². The van der Waals surface area contributed by atoms with Crippen LogP contribution in [0, 0.1) is 11.3 Å². The van der Waals surface area contributed by atoms with Gasteiger partial charge in [-0.15, -0.1) is 0 Å². The molecule has 1 amide bonds. The van der Waals surface area contributed by atoms with Gasteiger partial charge >= 0.3 is 0 Å². The third kappa shape index (κ3) is 6.26. The van der Waals surface area contributed by atoms with Crippen LogP contribution >= 0.6 is 15.9 Å². The number of rotatable bonds is 8. The first-order valence-corrected chi connectivity index (χ1v) is 10.0. The Hall–Kier alpha value is -2.98. The molecule has 2 aromatic rings. The zero-order valence-electron chi connectivity index (χ0n) is 16.5. The van der Waals surface area contributed by atoms with Crippen molar-refractivity contribution in [2.75, 3.05) is 11.9 Å². The van der Waals surface area contributed by atoms with Crippen LogP contribution in [0.3, 0.4) is 0 Å². The average molecular weight is 459 g/mol. The molecule has 0 aliphatic rings. The van der Waals surface area contributed by atoms with Crippen molar-refractivity contribution >= 4 is 33.6 Å². The number of nitriles is 1. The number of carbonyl (C=O) groups excluding carboxylic acids is 1. The summed E-state index contributed by atoms with van der Waals surface area (Å²) in [5, 5.41) is 21.4. The zero-order valence-corrected chi connectivity index (χ0v) is 18.1. The number of aromatic hydroxyl groups is 1. The maximum Gasteiger partial charge on any atom is 0.266 e. The van der Waals surface area contributed by atoms with Crippen molar-refractivity contribution in [3.8, 4) is 23.3 Å². The Morgan fingerprint density at radius 2 is 2.00 bits per heavy atom. The molecule has 0 aromatic heterocycles. The van der Waals surface area contributed by atoms with Crippen molar-refractivity contribution in [1.82, 2.24) is 0 Å². The third-order valence-corrected chi connectivity index (χ3v) is 4.62. The van der Waals surface area contributed by atoms with E-state index in [-0.39, 0.29) is 17.4 Å². The van der Waals surface area contributed by atoms with Crippen LogP contribution in [0.1, 0.15) is 32.8 Å². The molecule has 7 heteroatoms. The number of hydrogen-bond acceptors (Lipinski definition) is 5. The molecule has 2 rings (SSSR count). The molecule has 0 fully saturated rings. The normalized spacial score (nSPS) is 12.0. The predicted molar refractivity (Wildman–Crippen MR) is 116 cm³/mol. The van der Waals surface area contributed by atoms with Crippen molar-refractivity contribution in [2.45, 2.75) is 33.3 Å². The minimum absolute atomic E-state index is 0.0117. The molecule has 0 spiro atoms. The van der Waals surface area contributed by atoms with E-state index in [1.165, 1.54) is 18.2 Å². The van der Waals surface area contributed by atoms with E-state index in [2.05, 4.69) is 21.2 Å². The minimum Gasteiger partial charge on any atom is -0.508 e. The van der Waals surface area contributed by atoms with Gasteiger partial charge in [-0.1, -0.05) is 6.92 Å². The van der Waals surface area contributed by atoms with Crippen LogP contribution in [0.4, 0.5) is 5.69 Å². The van der Waals surface area contributed by atoms with Gasteiger partial charge in [0.1, 0.15) is 17.4 Å². The van der Waals surface area contributed by atoms with Crippen LogP contribution in [0.5, 0.6) is 17.2 Å². The fourth-order valence-electron chi connectivity index (χ4n) is 2.39. The summed E-state index contributed by atoms with van der Waals surface area (Å²) in [5.74, 6) is 0.661. The quantitative estimate of drug-likeness (QED) is 0.319. The Kier molecular flexibility index (Phi) is 8.10. The lowest BCUT2D eigenvalue weighted by Crippen LogP contribution is -2.13. The number of carbonyl (C=O) groups is 1. The summed E-state index contributed by atoms with van der Waals surface area (Å²) in [6.07, 6.45) is 2.34. The molecule has 0 saturated carbocycles. The molecule has 2 N–H and O–H groups in total. The molecule has 1 atom stereocenters. The average Bonchev–Trinajstić information content (AvgIpc) is 2.70. The molecular weight excluding hydrogens is 436 g/mol. The van der Waals surface area contributed by atoms with Gasteiger partial charge in [-0.2, -0.15) is 5.26 Å². The van der Waals surface area contributed by atoms with Gasteiger partial charge in [0.05, 0.1) is 17.2 Å². The van der Waals surface area contributed by atoms with Crippen LogP contribution in [0.2, 0.25) is 0 Å². The van der Waals surface area contributed by atoms with Crippen LogP contribution in [-0.4, -0.2) is 23.7 Å². The lowest BCUT2D eigenvalue weighted by Gasteiger charge is -2.18. The Morgan fingerprint density at radius 1 is 1.31 bits per heavy atom. The third-order valence-electron chi connectivity index (χ3n) is 4.03.